The smallest absolute Gasteiger partial charge is 0.408 e. The Bertz CT molecular complexity index is 2160. The van der Waals surface area contributed by atoms with Crippen LogP contribution in [0.15, 0.2) is 30.4 Å². The average Bonchev–Trinajstić information content (AvgIpc) is 4.17. The molecule has 4 heterocycles. The molecule has 1 spiro atoms. The third-order valence-electron chi connectivity index (χ3n) is 13.9. The molecule has 15 heteroatoms. The van der Waals surface area contributed by atoms with Gasteiger partial charge in [0.05, 0.1) is 29.6 Å². The van der Waals surface area contributed by atoms with Crippen molar-refractivity contribution in [1.82, 2.24) is 25.2 Å². The van der Waals surface area contributed by atoms with Crippen LogP contribution in [0.2, 0.25) is 0 Å². The number of aromatic nitrogens is 1. The van der Waals surface area contributed by atoms with Crippen LogP contribution >= 0.6 is 0 Å². The zero-order valence-corrected chi connectivity index (χ0v) is 34.3. The number of allylic oxidation sites excluding steroid dienone is 1. The summed E-state index contributed by atoms with van der Waals surface area (Å²) in [5.41, 5.74) is 0.308. The molecule has 312 valence electrons. The first-order chi connectivity index (χ1) is 27.8. The summed E-state index contributed by atoms with van der Waals surface area (Å²) in [6, 6.07) is 3.82. The summed E-state index contributed by atoms with van der Waals surface area (Å²) in [5.74, 6) is -0.508. The number of fused-ring (bicyclic) bond motifs is 5. The fourth-order valence-electron chi connectivity index (χ4n) is 9.63. The van der Waals surface area contributed by atoms with Gasteiger partial charge in [-0.25, -0.2) is 18.2 Å². The predicted octanol–water partition coefficient (Wildman–Crippen LogP) is 5.22. The zero-order valence-electron chi connectivity index (χ0n) is 33.5. The molecule has 5 atom stereocenters. The van der Waals surface area contributed by atoms with Gasteiger partial charge in [-0.1, -0.05) is 25.0 Å². The second-order valence-electron chi connectivity index (χ2n) is 18.2. The fraction of sp³-hybridized carbons (Fsp3) is 0.651. The first-order valence-corrected chi connectivity index (χ1v) is 22.8. The highest BCUT2D eigenvalue weighted by atomic mass is 32.2. The third kappa shape index (κ3) is 7.29. The van der Waals surface area contributed by atoms with E-state index in [0.717, 1.165) is 73.5 Å². The molecule has 0 radical (unpaired) electrons. The van der Waals surface area contributed by atoms with Gasteiger partial charge < -0.3 is 29.7 Å². The number of methoxy groups -OCH3 is 1. The van der Waals surface area contributed by atoms with Gasteiger partial charge in [-0.05, 0) is 115 Å². The van der Waals surface area contributed by atoms with Gasteiger partial charge in [-0.2, -0.15) is 0 Å². The van der Waals surface area contributed by atoms with Crippen molar-refractivity contribution in [2.24, 2.45) is 5.92 Å². The molecular weight excluding hydrogens is 763 g/mol. The van der Waals surface area contributed by atoms with Gasteiger partial charge in [0, 0.05) is 29.2 Å². The second kappa shape index (κ2) is 14.7. The molecule has 2 aromatic rings. The molecule has 1 aromatic heterocycles. The number of nitrogens with zero attached hydrogens (tertiary/aromatic N) is 2. The van der Waals surface area contributed by atoms with Crippen molar-refractivity contribution < 1.29 is 41.8 Å². The highest BCUT2D eigenvalue weighted by Gasteiger charge is 2.64. The average molecular weight is 818 g/mol. The molecule has 1 aromatic carbocycles. The summed E-state index contributed by atoms with van der Waals surface area (Å²) in [4.78, 5) is 63.7. The molecule has 14 nitrogen and oxygen atoms in total. The molecule has 0 bridgehead atoms. The standard InChI is InChI=1S/C43H55N5O9S/c1-41(20-21-41)58(53,54)47-39(51)43-23-27(43)10-6-4-3-5-7-13-33(45-40(52)56-28-11-8-9-12-28)38(50)48-25-42(24-34(48)37(49)46-43)19-18-30-31-22-29(55-2)16-17-32(31)44-35(26-14-15-26)36(30)57-42/h6,10,16-17,22,26-28,33-34H,3-5,7-9,11-15,18-21,23-25H2,1-2H3,(H,45,52)(H,46,49)(H,47,51). The Morgan fingerprint density at radius 2 is 1.78 bits per heavy atom. The number of aryl methyl sites for hydroxylation is 1. The number of pyridine rings is 1. The van der Waals surface area contributed by atoms with Crippen molar-refractivity contribution in [3.63, 3.8) is 0 Å². The number of carbonyl (C=O) groups excluding carboxylic acids is 4. The van der Waals surface area contributed by atoms with E-state index in [1.807, 2.05) is 30.4 Å². The van der Waals surface area contributed by atoms with Crippen molar-refractivity contribution >= 4 is 44.7 Å². The second-order valence-corrected chi connectivity index (χ2v) is 20.4. The minimum Gasteiger partial charge on any atom is -0.497 e. The Balaban J connectivity index is 1.06. The number of benzene rings is 1. The quantitative estimate of drug-likeness (QED) is 0.314. The van der Waals surface area contributed by atoms with Gasteiger partial charge in [0.25, 0.3) is 5.91 Å². The Morgan fingerprint density at radius 3 is 2.52 bits per heavy atom. The maximum Gasteiger partial charge on any atom is 0.408 e. The summed E-state index contributed by atoms with van der Waals surface area (Å²) in [6.45, 7) is 1.69. The van der Waals surface area contributed by atoms with Crippen LogP contribution in [-0.4, -0.2) is 89.8 Å². The van der Waals surface area contributed by atoms with Crippen molar-refractivity contribution in [2.75, 3.05) is 13.7 Å². The predicted molar refractivity (Wildman–Crippen MR) is 214 cm³/mol. The molecule has 4 amide bonds. The fourth-order valence-corrected chi connectivity index (χ4v) is 10.9. The van der Waals surface area contributed by atoms with Gasteiger partial charge in [-0.15, -0.1) is 0 Å². The van der Waals surface area contributed by atoms with Crippen molar-refractivity contribution in [3.8, 4) is 11.5 Å². The lowest BCUT2D eigenvalue weighted by atomic mass is 9.86. The molecule has 58 heavy (non-hydrogen) atoms. The van der Waals surface area contributed by atoms with Crippen molar-refractivity contribution in [2.45, 2.75) is 156 Å². The highest BCUT2D eigenvalue weighted by Crippen LogP contribution is 2.52. The third-order valence-corrected chi connectivity index (χ3v) is 16.0. The van der Waals surface area contributed by atoms with E-state index in [9.17, 15) is 27.6 Å². The molecule has 4 aliphatic carbocycles. The number of alkyl carbamates (subject to hydrolysis) is 1. The van der Waals surface area contributed by atoms with Crippen LogP contribution in [0.25, 0.3) is 10.9 Å². The number of rotatable bonds is 7. The van der Waals surface area contributed by atoms with Gasteiger partial charge in [0.15, 0.2) is 0 Å². The molecular formula is C43H55N5O9S. The zero-order chi connectivity index (χ0) is 40.5. The maximum absolute atomic E-state index is 14.9. The van der Waals surface area contributed by atoms with E-state index >= 15 is 0 Å². The molecule has 5 unspecified atom stereocenters. The number of sulfonamides is 1. The van der Waals surface area contributed by atoms with Crippen LogP contribution in [-0.2, 0) is 35.6 Å². The van der Waals surface area contributed by atoms with E-state index in [1.54, 1.807) is 14.0 Å². The summed E-state index contributed by atoms with van der Waals surface area (Å²) in [5, 5.41) is 6.81. The first kappa shape index (κ1) is 39.1. The van der Waals surface area contributed by atoms with E-state index in [0.29, 0.717) is 56.4 Å². The minimum atomic E-state index is -3.99. The van der Waals surface area contributed by atoms with Crippen LogP contribution in [0.5, 0.6) is 11.5 Å². The van der Waals surface area contributed by atoms with E-state index in [4.69, 9.17) is 19.2 Å². The monoisotopic (exact) mass is 817 g/mol. The maximum atomic E-state index is 14.9. The minimum absolute atomic E-state index is 0.0781. The molecule has 1 saturated heterocycles. The largest absolute Gasteiger partial charge is 0.497 e. The molecule has 3 N–H and O–H groups in total. The van der Waals surface area contributed by atoms with Gasteiger partial charge in [-0.3, -0.25) is 19.1 Å². The van der Waals surface area contributed by atoms with E-state index in [1.165, 1.54) is 4.90 Å². The number of carbonyl (C=O) groups is 4. The number of ether oxygens (including phenoxy) is 3. The Kier molecular flexibility index (Phi) is 9.91. The normalized spacial score (nSPS) is 30.9. The molecule has 7 aliphatic rings. The van der Waals surface area contributed by atoms with Crippen LogP contribution in [0.1, 0.15) is 127 Å². The SMILES string of the molecule is COc1ccc2nc(C3CC3)c3c(c2c1)CCC1(CC2C(=O)NC4(C(=O)NS(=O)(=O)C5(C)CC5)CC4C=CCCCCCC(NC(=O)OC4CCCC4)C(=O)N2C1)O3. The first-order valence-electron chi connectivity index (χ1n) is 21.4. The lowest BCUT2D eigenvalue weighted by Gasteiger charge is -2.37. The Labute approximate surface area is 339 Å². The summed E-state index contributed by atoms with van der Waals surface area (Å²) in [7, 11) is -2.36. The molecule has 3 aliphatic heterocycles. The van der Waals surface area contributed by atoms with E-state index in [-0.39, 0.29) is 31.4 Å². The molecule has 9 rings (SSSR count). The summed E-state index contributed by atoms with van der Waals surface area (Å²) >= 11 is 0. The number of hydrogen-bond donors (Lipinski definition) is 3. The number of amides is 4. The number of hydrogen-bond acceptors (Lipinski definition) is 10. The van der Waals surface area contributed by atoms with Gasteiger partial charge >= 0.3 is 6.09 Å². The van der Waals surface area contributed by atoms with Crippen LogP contribution in [0.3, 0.4) is 0 Å². The van der Waals surface area contributed by atoms with Crippen LogP contribution in [0.4, 0.5) is 4.79 Å². The van der Waals surface area contributed by atoms with E-state index < -0.39 is 67.7 Å². The highest BCUT2D eigenvalue weighted by molar-refractivity contribution is 7.91. The lowest BCUT2D eigenvalue weighted by Crippen LogP contribution is -2.58. The van der Waals surface area contributed by atoms with Crippen molar-refractivity contribution in [3.05, 3.63) is 41.6 Å². The topological polar surface area (TPSA) is 182 Å². The lowest BCUT2D eigenvalue weighted by molar-refractivity contribution is -0.141. The van der Waals surface area contributed by atoms with Gasteiger partial charge in [0.2, 0.25) is 21.8 Å². The Morgan fingerprint density at radius 1 is 1.00 bits per heavy atom. The molecule has 4 saturated carbocycles. The molecule has 5 fully saturated rings. The van der Waals surface area contributed by atoms with Crippen LogP contribution in [0, 0.1) is 5.92 Å². The van der Waals surface area contributed by atoms with Crippen LogP contribution < -0.4 is 24.8 Å². The summed E-state index contributed by atoms with van der Waals surface area (Å²) in [6.07, 6.45) is 14.3. The van der Waals surface area contributed by atoms with Crippen molar-refractivity contribution in [1.29, 1.82) is 0 Å². The number of nitrogens with one attached hydrogen (secondary N) is 3. The summed E-state index contributed by atoms with van der Waals surface area (Å²) < 4.78 is 46.3. The van der Waals surface area contributed by atoms with E-state index in [2.05, 4.69) is 15.4 Å². The van der Waals surface area contributed by atoms with Gasteiger partial charge in [0.1, 0.15) is 40.8 Å². The Hall–Kier alpha value is -4.40.